The van der Waals surface area contributed by atoms with Crippen LogP contribution >= 0.6 is 11.6 Å². The van der Waals surface area contributed by atoms with Gasteiger partial charge in [-0.05, 0) is 43.7 Å². The van der Waals surface area contributed by atoms with E-state index >= 15 is 0 Å². The number of rotatable bonds is 7. The van der Waals surface area contributed by atoms with Gasteiger partial charge in [-0.3, -0.25) is 10.1 Å². The number of benzene rings is 2. The van der Waals surface area contributed by atoms with E-state index in [1.54, 1.807) is 36.9 Å². The molecule has 2 aromatic carbocycles. The molecule has 12 heteroatoms. The van der Waals surface area contributed by atoms with Gasteiger partial charge in [-0.15, -0.1) is 0 Å². The van der Waals surface area contributed by atoms with Crippen molar-refractivity contribution in [3.8, 4) is 5.75 Å². The third-order valence-electron chi connectivity index (χ3n) is 6.45. The number of halogens is 1. The summed E-state index contributed by atoms with van der Waals surface area (Å²) in [7, 11) is 2.82. The highest BCUT2D eigenvalue weighted by atomic mass is 35.5. The summed E-state index contributed by atoms with van der Waals surface area (Å²) in [6.07, 6.45) is -3.91. The van der Waals surface area contributed by atoms with Crippen LogP contribution in [0.4, 0.5) is 16.2 Å². The predicted molar refractivity (Wildman–Crippen MR) is 128 cm³/mol. The third kappa shape index (κ3) is 4.43. The number of nitrogens with zero attached hydrogens (tertiary/aromatic N) is 2. The minimum atomic E-state index is -1.44. The van der Waals surface area contributed by atoms with E-state index in [1.165, 1.54) is 32.4 Å². The second-order valence-electron chi connectivity index (χ2n) is 8.60. The Morgan fingerprint density at radius 1 is 1.31 bits per heavy atom. The van der Waals surface area contributed by atoms with Crippen molar-refractivity contribution in [2.45, 2.75) is 50.5 Å². The lowest BCUT2D eigenvalue weighted by Gasteiger charge is -2.50. The van der Waals surface area contributed by atoms with Gasteiger partial charge in [0.15, 0.2) is 18.1 Å². The monoisotopic (exact) mass is 522 g/mol. The lowest BCUT2D eigenvalue weighted by atomic mass is 9.83. The number of ether oxygens (including phenoxy) is 5. The Kier molecular flexibility index (Phi) is 7.28. The first-order chi connectivity index (χ1) is 17.1. The van der Waals surface area contributed by atoms with Gasteiger partial charge in [0.2, 0.25) is 0 Å². The molecule has 36 heavy (non-hydrogen) atoms. The highest BCUT2D eigenvalue weighted by Crippen LogP contribution is 2.50. The number of hydrogen-bond donors (Lipinski definition) is 1. The quantitative estimate of drug-likeness (QED) is 0.246. The number of anilines is 1. The van der Waals surface area contributed by atoms with Crippen LogP contribution in [0.1, 0.15) is 31.0 Å². The van der Waals surface area contributed by atoms with Crippen LogP contribution in [0.2, 0.25) is 5.02 Å². The van der Waals surface area contributed by atoms with Gasteiger partial charge < -0.3 is 33.7 Å². The summed E-state index contributed by atoms with van der Waals surface area (Å²) in [6, 6.07) is 8.31. The molecule has 194 valence electrons. The molecule has 0 saturated heterocycles. The van der Waals surface area contributed by atoms with Crippen LogP contribution in [-0.2, 0) is 25.4 Å². The third-order valence-corrected chi connectivity index (χ3v) is 6.69. The smallest absolute Gasteiger partial charge is 0.479 e. The number of methoxy groups -OCH3 is 2. The maximum Gasteiger partial charge on any atom is 0.510 e. The Bertz CT molecular complexity index is 1160. The van der Waals surface area contributed by atoms with E-state index in [1.807, 2.05) is 0 Å². The van der Waals surface area contributed by atoms with Crippen molar-refractivity contribution >= 4 is 29.1 Å². The molecule has 0 spiro atoms. The number of aliphatic hydroxyl groups is 1. The second-order valence-corrected chi connectivity index (χ2v) is 9.03. The van der Waals surface area contributed by atoms with Crippen molar-refractivity contribution in [2.75, 3.05) is 25.7 Å². The highest BCUT2D eigenvalue weighted by molar-refractivity contribution is 6.30. The van der Waals surface area contributed by atoms with Crippen molar-refractivity contribution in [2.24, 2.45) is 0 Å². The summed E-state index contributed by atoms with van der Waals surface area (Å²) in [5, 5.41) is 23.9. The van der Waals surface area contributed by atoms with E-state index in [-0.39, 0.29) is 24.5 Å². The Labute approximate surface area is 212 Å². The van der Waals surface area contributed by atoms with E-state index in [0.29, 0.717) is 16.3 Å². The first kappa shape index (κ1) is 26.0. The Balaban J connectivity index is 1.91. The SMILES string of the molecule is CCOC(=O)O[C@@H]1Cc2cc(Cl)ccc2N1[C@H]1c2cc([N+](=O)[O-])ccc2O[C@](C)(C(OC)OC)[C@@H]1O. The zero-order valence-corrected chi connectivity index (χ0v) is 20.9. The van der Waals surface area contributed by atoms with Crippen molar-refractivity contribution in [1.82, 2.24) is 0 Å². The van der Waals surface area contributed by atoms with Crippen LogP contribution in [0, 0.1) is 10.1 Å². The van der Waals surface area contributed by atoms with Gasteiger partial charge in [0.05, 0.1) is 17.6 Å². The van der Waals surface area contributed by atoms with Gasteiger partial charge in [-0.1, -0.05) is 11.6 Å². The standard InChI is InChI=1S/C24H27ClN2O9/c1-5-34-23(29)35-19-11-13-10-14(25)6-8-17(13)26(19)20-16-12-15(27(30)31)7-9-18(16)36-24(2,21(20)28)22(32-3)33-4/h6-10,12,19-22,28H,5,11H2,1-4H3/t19-,20+,21-,24+/m1/s1. The number of carbonyl (C=O) groups excluding carboxylic acids is 1. The van der Waals surface area contributed by atoms with E-state index in [0.717, 1.165) is 5.56 Å². The summed E-state index contributed by atoms with van der Waals surface area (Å²) in [4.78, 5) is 25.1. The number of hydrogen-bond acceptors (Lipinski definition) is 10. The zero-order valence-electron chi connectivity index (χ0n) is 20.2. The molecular weight excluding hydrogens is 496 g/mol. The fourth-order valence-electron chi connectivity index (χ4n) is 4.91. The maximum atomic E-state index is 12.3. The molecule has 11 nitrogen and oxygen atoms in total. The average molecular weight is 523 g/mol. The van der Waals surface area contributed by atoms with Crippen molar-refractivity contribution < 1.29 is 38.5 Å². The molecule has 4 atom stereocenters. The molecule has 0 bridgehead atoms. The molecule has 0 aromatic heterocycles. The largest absolute Gasteiger partial charge is 0.510 e. The molecule has 2 aromatic rings. The zero-order chi connectivity index (χ0) is 26.2. The van der Waals surface area contributed by atoms with E-state index in [2.05, 4.69) is 0 Å². The number of carbonyl (C=O) groups is 1. The molecule has 2 aliphatic rings. The summed E-state index contributed by atoms with van der Waals surface area (Å²) >= 11 is 6.22. The summed E-state index contributed by atoms with van der Waals surface area (Å²) in [5.41, 5.74) is 0.0954. The highest BCUT2D eigenvalue weighted by Gasteiger charge is 2.56. The van der Waals surface area contributed by atoms with Gasteiger partial charge in [0.25, 0.3) is 5.69 Å². The van der Waals surface area contributed by atoms with Crippen LogP contribution in [0.25, 0.3) is 0 Å². The molecule has 0 fully saturated rings. The van der Waals surface area contributed by atoms with Gasteiger partial charge in [-0.25, -0.2) is 4.79 Å². The fraction of sp³-hybridized carbons (Fsp3) is 0.458. The normalized spacial score (nSPS) is 24.6. The minimum absolute atomic E-state index is 0.112. The van der Waals surface area contributed by atoms with E-state index in [9.17, 15) is 20.0 Å². The molecule has 0 amide bonds. The molecule has 0 radical (unpaired) electrons. The topological polar surface area (TPSA) is 130 Å². The van der Waals surface area contributed by atoms with E-state index < -0.39 is 41.3 Å². The van der Waals surface area contributed by atoms with Crippen LogP contribution in [0.5, 0.6) is 5.75 Å². The Morgan fingerprint density at radius 2 is 2.03 bits per heavy atom. The lowest BCUT2D eigenvalue weighted by Crippen LogP contribution is -2.63. The first-order valence-corrected chi connectivity index (χ1v) is 11.6. The Hall–Kier alpha value is -3.12. The molecule has 0 saturated carbocycles. The van der Waals surface area contributed by atoms with E-state index in [4.69, 9.17) is 35.3 Å². The van der Waals surface area contributed by atoms with Gasteiger partial charge >= 0.3 is 6.16 Å². The maximum absolute atomic E-state index is 12.3. The lowest BCUT2D eigenvalue weighted by molar-refractivity contribution is -0.385. The Morgan fingerprint density at radius 3 is 2.67 bits per heavy atom. The first-order valence-electron chi connectivity index (χ1n) is 11.3. The summed E-state index contributed by atoms with van der Waals surface area (Å²) in [5.74, 6) is 0.287. The summed E-state index contributed by atoms with van der Waals surface area (Å²) in [6.45, 7) is 3.38. The number of nitro groups is 1. The van der Waals surface area contributed by atoms with Crippen LogP contribution < -0.4 is 9.64 Å². The van der Waals surface area contributed by atoms with Crippen LogP contribution in [-0.4, -0.2) is 61.2 Å². The van der Waals surface area contributed by atoms with Crippen LogP contribution in [0.15, 0.2) is 36.4 Å². The number of aliphatic hydroxyl groups excluding tert-OH is 1. The van der Waals surface area contributed by atoms with Gasteiger partial charge in [-0.2, -0.15) is 0 Å². The molecule has 2 heterocycles. The molecule has 0 aliphatic carbocycles. The number of fused-ring (bicyclic) bond motifs is 2. The number of non-ortho nitro benzene ring substituents is 1. The molecule has 2 aliphatic heterocycles. The average Bonchev–Trinajstić information content (AvgIpc) is 3.16. The predicted octanol–water partition coefficient (Wildman–Crippen LogP) is 3.98. The van der Waals surface area contributed by atoms with Crippen molar-refractivity contribution in [1.29, 1.82) is 0 Å². The summed E-state index contributed by atoms with van der Waals surface area (Å²) < 4.78 is 27.7. The molecule has 0 unspecified atom stereocenters. The van der Waals surface area contributed by atoms with Gasteiger partial charge in [0, 0.05) is 49.0 Å². The molecule has 4 rings (SSSR count). The van der Waals surface area contributed by atoms with Crippen LogP contribution in [0.3, 0.4) is 0 Å². The minimum Gasteiger partial charge on any atom is -0.479 e. The number of nitro benzene ring substituents is 1. The fourth-order valence-corrected chi connectivity index (χ4v) is 5.10. The van der Waals surface area contributed by atoms with Gasteiger partial charge in [0.1, 0.15) is 11.9 Å². The molecule has 1 N–H and O–H groups in total. The van der Waals surface area contributed by atoms with Crippen molar-refractivity contribution in [3.63, 3.8) is 0 Å². The second kappa shape index (κ2) is 10.1. The molecular formula is C24H27ClN2O9. The van der Waals surface area contributed by atoms with Crippen molar-refractivity contribution in [3.05, 3.63) is 62.7 Å².